The number of carboxylic acid groups (broad SMARTS) is 1. The zero-order valence-corrected chi connectivity index (χ0v) is 10.7. The zero-order valence-electron chi connectivity index (χ0n) is 10.7. The molecule has 0 aliphatic carbocycles. The van der Waals surface area contributed by atoms with Crippen molar-refractivity contribution in [2.24, 2.45) is 0 Å². The van der Waals surface area contributed by atoms with Gasteiger partial charge in [-0.3, -0.25) is 9.59 Å². The molecule has 0 saturated heterocycles. The van der Waals surface area contributed by atoms with Gasteiger partial charge >= 0.3 is 5.97 Å². The highest BCUT2D eigenvalue weighted by molar-refractivity contribution is 5.95. The molecule has 0 aliphatic heterocycles. The number of carbonyl (C=O) groups is 2. The highest BCUT2D eigenvalue weighted by Crippen LogP contribution is 2.18. The molecule has 19 heavy (non-hydrogen) atoms. The molecule has 1 amide bonds. The van der Waals surface area contributed by atoms with Gasteiger partial charge in [0.25, 0.3) is 5.91 Å². The van der Waals surface area contributed by atoms with E-state index in [1.165, 1.54) is 13.0 Å². The molecule has 0 saturated carbocycles. The summed E-state index contributed by atoms with van der Waals surface area (Å²) in [7, 11) is 0. The average molecular weight is 271 g/mol. The second-order valence-corrected chi connectivity index (χ2v) is 4.08. The van der Waals surface area contributed by atoms with Crippen LogP contribution in [0.15, 0.2) is 12.1 Å². The summed E-state index contributed by atoms with van der Waals surface area (Å²) in [6.45, 7) is 3.14. The molecule has 0 spiro atoms. The SMILES string of the molecule is CCN(CCC(=O)O)C(=O)c1c(F)ccc(C)c1F. The van der Waals surface area contributed by atoms with Crippen molar-refractivity contribution in [3.8, 4) is 0 Å². The van der Waals surface area contributed by atoms with Gasteiger partial charge in [-0.15, -0.1) is 0 Å². The summed E-state index contributed by atoms with van der Waals surface area (Å²) >= 11 is 0. The number of rotatable bonds is 5. The lowest BCUT2D eigenvalue weighted by Gasteiger charge is -2.20. The Morgan fingerprint density at radius 3 is 2.47 bits per heavy atom. The summed E-state index contributed by atoms with van der Waals surface area (Å²) in [4.78, 5) is 23.6. The number of nitrogens with zero attached hydrogens (tertiary/aromatic N) is 1. The van der Waals surface area contributed by atoms with Gasteiger partial charge < -0.3 is 10.0 Å². The molecule has 0 fully saturated rings. The van der Waals surface area contributed by atoms with Crippen LogP contribution in [-0.2, 0) is 4.79 Å². The highest BCUT2D eigenvalue weighted by Gasteiger charge is 2.23. The van der Waals surface area contributed by atoms with Crippen LogP contribution in [0.5, 0.6) is 0 Å². The standard InChI is InChI=1S/C13H15F2NO3/c1-3-16(7-6-10(17)18)13(19)11-9(14)5-4-8(2)12(11)15/h4-5H,3,6-7H2,1-2H3,(H,17,18). The van der Waals surface area contributed by atoms with E-state index in [0.29, 0.717) is 0 Å². The largest absolute Gasteiger partial charge is 0.481 e. The van der Waals surface area contributed by atoms with Gasteiger partial charge in [-0.05, 0) is 25.5 Å². The van der Waals surface area contributed by atoms with Crippen LogP contribution in [0, 0.1) is 18.6 Å². The van der Waals surface area contributed by atoms with Crippen LogP contribution < -0.4 is 0 Å². The fourth-order valence-corrected chi connectivity index (χ4v) is 1.64. The maximum Gasteiger partial charge on any atom is 0.305 e. The van der Waals surface area contributed by atoms with Gasteiger partial charge in [-0.25, -0.2) is 8.78 Å². The van der Waals surface area contributed by atoms with Crippen molar-refractivity contribution in [3.05, 3.63) is 34.9 Å². The van der Waals surface area contributed by atoms with Gasteiger partial charge in [0, 0.05) is 13.1 Å². The number of hydrogen-bond donors (Lipinski definition) is 1. The average Bonchev–Trinajstić information content (AvgIpc) is 2.35. The Balaban J connectivity index is 3.04. The molecule has 0 bridgehead atoms. The summed E-state index contributed by atoms with van der Waals surface area (Å²) in [6.07, 6.45) is -0.269. The van der Waals surface area contributed by atoms with Gasteiger partial charge in [-0.1, -0.05) is 6.07 Å². The highest BCUT2D eigenvalue weighted by atomic mass is 19.1. The minimum atomic E-state index is -1.07. The lowest BCUT2D eigenvalue weighted by Crippen LogP contribution is -2.34. The number of benzene rings is 1. The van der Waals surface area contributed by atoms with E-state index in [1.807, 2.05) is 0 Å². The summed E-state index contributed by atoms with van der Waals surface area (Å²) in [5, 5.41) is 8.58. The summed E-state index contributed by atoms with van der Waals surface area (Å²) in [5.74, 6) is -3.75. The van der Waals surface area contributed by atoms with Crippen molar-refractivity contribution in [1.82, 2.24) is 4.90 Å². The van der Waals surface area contributed by atoms with E-state index in [9.17, 15) is 18.4 Å². The summed E-state index contributed by atoms with van der Waals surface area (Å²) in [6, 6.07) is 2.27. The number of aryl methyl sites for hydroxylation is 1. The minimum Gasteiger partial charge on any atom is -0.481 e. The van der Waals surface area contributed by atoms with Crippen LogP contribution in [0.2, 0.25) is 0 Å². The minimum absolute atomic E-state index is 0.0858. The first kappa shape index (κ1) is 15.1. The lowest BCUT2D eigenvalue weighted by molar-refractivity contribution is -0.137. The number of aliphatic carboxylic acids is 1. The maximum atomic E-state index is 13.8. The third-order valence-corrected chi connectivity index (χ3v) is 2.76. The monoisotopic (exact) mass is 271 g/mol. The summed E-state index contributed by atoms with van der Waals surface area (Å²) in [5.41, 5.74) is -0.466. The van der Waals surface area contributed by atoms with E-state index in [1.54, 1.807) is 6.92 Å². The molecule has 0 atom stereocenters. The molecular weight excluding hydrogens is 256 g/mol. The Labute approximate surface area is 109 Å². The Hall–Kier alpha value is -1.98. The molecule has 0 aliphatic rings. The third kappa shape index (κ3) is 3.49. The van der Waals surface area contributed by atoms with Gasteiger partial charge in [0.15, 0.2) is 0 Å². The topological polar surface area (TPSA) is 57.6 Å². The van der Waals surface area contributed by atoms with Crippen molar-refractivity contribution in [1.29, 1.82) is 0 Å². The molecule has 0 radical (unpaired) electrons. The van der Waals surface area contributed by atoms with Crippen LogP contribution in [0.3, 0.4) is 0 Å². The van der Waals surface area contributed by atoms with Crippen molar-refractivity contribution >= 4 is 11.9 Å². The smallest absolute Gasteiger partial charge is 0.305 e. The Bertz CT molecular complexity index is 503. The van der Waals surface area contributed by atoms with Crippen molar-refractivity contribution in [2.45, 2.75) is 20.3 Å². The van der Waals surface area contributed by atoms with E-state index < -0.39 is 29.1 Å². The zero-order chi connectivity index (χ0) is 14.6. The normalized spacial score (nSPS) is 10.3. The summed E-state index contributed by atoms with van der Waals surface area (Å²) < 4.78 is 27.4. The lowest BCUT2D eigenvalue weighted by atomic mass is 10.1. The van der Waals surface area contributed by atoms with Crippen LogP contribution in [0.4, 0.5) is 8.78 Å². The van der Waals surface area contributed by atoms with Crippen LogP contribution in [0.25, 0.3) is 0 Å². The van der Waals surface area contributed by atoms with Crippen LogP contribution >= 0.6 is 0 Å². The first-order valence-corrected chi connectivity index (χ1v) is 5.84. The number of carbonyl (C=O) groups excluding carboxylic acids is 1. The van der Waals surface area contributed by atoms with Crippen molar-refractivity contribution in [2.75, 3.05) is 13.1 Å². The molecule has 104 valence electrons. The predicted molar refractivity (Wildman–Crippen MR) is 64.9 cm³/mol. The van der Waals surface area contributed by atoms with Crippen molar-refractivity contribution in [3.63, 3.8) is 0 Å². The van der Waals surface area contributed by atoms with Crippen LogP contribution in [-0.4, -0.2) is 35.0 Å². The molecular formula is C13H15F2NO3. The number of hydrogen-bond acceptors (Lipinski definition) is 2. The molecule has 6 heteroatoms. The van der Waals surface area contributed by atoms with E-state index in [2.05, 4.69) is 0 Å². The Morgan fingerprint density at radius 2 is 1.95 bits per heavy atom. The molecule has 0 unspecified atom stereocenters. The molecule has 1 aromatic rings. The van der Waals surface area contributed by atoms with Gasteiger partial charge in [0.05, 0.1) is 6.42 Å². The first-order valence-electron chi connectivity index (χ1n) is 5.84. The molecule has 1 aromatic carbocycles. The van der Waals surface area contributed by atoms with Gasteiger partial charge in [0.2, 0.25) is 0 Å². The van der Waals surface area contributed by atoms with Gasteiger partial charge in [-0.2, -0.15) is 0 Å². The number of halogens is 2. The second-order valence-electron chi connectivity index (χ2n) is 4.08. The predicted octanol–water partition coefficient (Wildman–Crippen LogP) is 2.21. The van der Waals surface area contributed by atoms with E-state index in [4.69, 9.17) is 5.11 Å². The Kier molecular flexibility index (Phi) is 4.97. The maximum absolute atomic E-state index is 13.8. The first-order chi connectivity index (χ1) is 8.88. The molecule has 4 nitrogen and oxygen atoms in total. The van der Waals surface area contributed by atoms with Crippen LogP contribution in [0.1, 0.15) is 29.3 Å². The van der Waals surface area contributed by atoms with E-state index in [-0.39, 0.29) is 25.1 Å². The molecule has 0 heterocycles. The number of carboxylic acids is 1. The number of amides is 1. The fraction of sp³-hybridized carbons (Fsp3) is 0.385. The van der Waals surface area contributed by atoms with E-state index in [0.717, 1.165) is 11.0 Å². The Morgan fingerprint density at radius 1 is 1.32 bits per heavy atom. The van der Waals surface area contributed by atoms with Crippen molar-refractivity contribution < 1.29 is 23.5 Å². The van der Waals surface area contributed by atoms with Gasteiger partial charge in [0.1, 0.15) is 17.2 Å². The fourth-order valence-electron chi connectivity index (χ4n) is 1.64. The second kappa shape index (κ2) is 6.26. The van der Waals surface area contributed by atoms with E-state index >= 15 is 0 Å². The molecule has 1 N–H and O–H groups in total. The quantitative estimate of drug-likeness (QED) is 0.893. The molecule has 1 rings (SSSR count). The third-order valence-electron chi connectivity index (χ3n) is 2.76. The molecule has 0 aromatic heterocycles.